The van der Waals surface area contributed by atoms with Crippen molar-refractivity contribution in [2.75, 3.05) is 0 Å². The van der Waals surface area contributed by atoms with Crippen LogP contribution in [-0.4, -0.2) is 33.1 Å². The van der Waals surface area contributed by atoms with Crippen molar-refractivity contribution in [3.8, 4) is 0 Å². The minimum absolute atomic E-state index is 0.0503. The van der Waals surface area contributed by atoms with Crippen molar-refractivity contribution in [2.24, 2.45) is 45.3 Å². The average molecular weight is 461 g/mol. The van der Waals surface area contributed by atoms with Crippen LogP contribution in [0, 0.1) is 45.3 Å². The zero-order valence-electron chi connectivity index (χ0n) is 22.7. The van der Waals surface area contributed by atoms with Crippen LogP contribution in [0.5, 0.6) is 0 Å². The largest absolute Gasteiger partial charge is 0.393 e. The Morgan fingerprint density at radius 3 is 2.18 bits per heavy atom. The smallest absolute Gasteiger partial charge is 0.0654 e. The van der Waals surface area contributed by atoms with Gasteiger partial charge >= 0.3 is 0 Å². The highest BCUT2D eigenvalue weighted by atomic mass is 16.3. The van der Waals surface area contributed by atoms with Gasteiger partial charge in [-0.2, -0.15) is 0 Å². The monoisotopic (exact) mass is 460 g/mol. The number of aliphatic hydroxyl groups is 3. The number of hydrogen-bond acceptors (Lipinski definition) is 3. The summed E-state index contributed by atoms with van der Waals surface area (Å²) in [6.45, 7) is 18.3. The van der Waals surface area contributed by atoms with Crippen LogP contribution in [0.25, 0.3) is 0 Å². The van der Waals surface area contributed by atoms with Gasteiger partial charge in [-0.1, -0.05) is 46.3 Å². The van der Waals surface area contributed by atoms with Crippen molar-refractivity contribution in [3.63, 3.8) is 0 Å². The molecule has 0 radical (unpaired) electrons. The molecule has 190 valence electrons. The first-order chi connectivity index (χ1) is 15.1. The van der Waals surface area contributed by atoms with Gasteiger partial charge < -0.3 is 15.3 Å². The minimum Gasteiger partial charge on any atom is -0.393 e. The molecule has 1 unspecified atom stereocenters. The van der Waals surface area contributed by atoms with Crippen LogP contribution >= 0.6 is 0 Å². The molecule has 0 spiro atoms. The first-order valence-electron chi connectivity index (χ1n) is 13.8. The van der Waals surface area contributed by atoms with E-state index in [1.165, 1.54) is 18.4 Å². The van der Waals surface area contributed by atoms with E-state index in [1.807, 2.05) is 6.92 Å². The first kappa shape index (κ1) is 25.7. The lowest BCUT2D eigenvalue weighted by Crippen LogP contribution is -2.66. The van der Waals surface area contributed by atoms with Crippen LogP contribution < -0.4 is 0 Å². The number of fused-ring (bicyclic) bond motifs is 5. The molecule has 4 saturated carbocycles. The first-order valence-corrected chi connectivity index (χ1v) is 13.8. The number of rotatable bonds is 4. The lowest BCUT2D eigenvalue weighted by molar-refractivity contribution is -0.246. The highest BCUT2D eigenvalue weighted by molar-refractivity contribution is 5.20. The Labute approximate surface area is 203 Å². The summed E-state index contributed by atoms with van der Waals surface area (Å²) in [5.74, 6) is 1.31. The SMILES string of the molecule is CC(C)=CCC[C@@](C)(O)C1CC[C@@]2(C)[C@@H]1[C@H](O)C[C@@H]1[C@@]3(C)CC[C@H](O)C(C)(C)[C@@H]3CC[C@]12C. The van der Waals surface area contributed by atoms with Crippen LogP contribution in [0.3, 0.4) is 0 Å². The Morgan fingerprint density at radius 2 is 1.55 bits per heavy atom. The molecule has 4 rings (SSSR count). The van der Waals surface area contributed by atoms with Gasteiger partial charge in [-0.05, 0) is 124 Å². The molecule has 10 atom stereocenters. The fourth-order valence-electron chi connectivity index (χ4n) is 10.3. The van der Waals surface area contributed by atoms with Gasteiger partial charge in [0.25, 0.3) is 0 Å². The molecular formula is C30H52O3. The highest BCUT2D eigenvalue weighted by Gasteiger charge is 2.71. The molecule has 33 heavy (non-hydrogen) atoms. The maximum absolute atomic E-state index is 11.8. The molecule has 0 saturated heterocycles. The van der Waals surface area contributed by atoms with E-state index in [4.69, 9.17) is 0 Å². The Morgan fingerprint density at radius 1 is 0.909 bits per heavy atom. The van der Waals surface area contributed by atoms with Gasteiger partial charge in [-0.15, -0.1) is 0 Å². The van der Waals surface area contributed by atoms with E-state index in [0.29, 0.717) is 11.8 Å². The van der Waals surface area contributed by atoms with E-state index in [1.54, 1.807) is 0 Å². The molecule has 0 amide bonds. The summed E-state index contributed by atoms with van der Waals surface area (Å²) in [4.78, 5) is 0. The van der Waals surface area contributed by atoms with Crippen molar-refractivity contribution in [3.05, 3.63) is 11.6 Å². The third kappa shape index (κ3) is 3.61. The van der Waals surface area contributed by atoms with E-state index in [9.17, 15) is 15.3 Å². The summed E-state index contributed by atoms with van der Waals surface area (Å²) in [5.41, 5.74) is 0.885. The van der Waals surface area contributed by atoms with Gasteiger partial charge in [0.05, 0.1) is 17.8 Å². The molecule has 3 heteroatoms. The summed E-state index contributed by atoms with van der Waals surface area (Å²) >= 11 is 0. The molecule has 4 aliphatic rings. The van der Waals surface area contributed by atoms with Crippen molar-refractivity contribution in [2.45, 2.75) is 131 Å². The second-order valence-electron chi connectivity index (χ2n) is 14.5. The van der Waals surface area contributed by atoms with Crippen LogP contribution in [0.4, 0.5) is 0 Å². The molecule has 4 aliphatic carbocycles. The quantitative estimate of drug-likeness (QED) is 0.420. The zero-order chi connectivity index (χ0) is 24.6. The summed E-state index contributed by atoms with van der Waals surface area (Å²) in [7, 11) is 0. The van der Waals surface area contributed by atoms with Crippen LogP contribution in [0.15, 0.2) is 11.6 Å². The van der Waals surface area contributed by atoms with Gasteiger partial charge in [0.15, 0.2) is 0 Å². The van der Waals surface area contributed by atoms with Gasteiger partial charge in [-0.25, -0.2) is 0 Å². The van der Waals surface area contributed by atoms with Gasteiger partial charge in [-0.3, -0.25) is 0 Å². The summed E-state index contributed by atoms with van der Waals surface area (Å²) in [6.07, 6.45) is 10.6. The maximum Gasteiger partial charge on any atom is 0.0654 e. The van der Waals surface area contributed by atoms with E-state index in [0.717, 1.165) is 44.9 Å². The van der Waals surface area contributed by atoms with Crippen molar-refractivity contribution >= 4 is 0 Å². The van der Waals surface area contributed by atoms with Crippen molar-refractivity contribution in [1.82, 2.24) is 0 Å². The lowest BCUT2D eigenvalue weighted by Gasteiger charge is -2.70. The Kier molecular flexibility index (Phi) is 6.28. The highest BCUT2D eigenvalue weighted by Crippen LogP contribution is 2.75. The maximum atomic E-state index is 11.8. The van der Waals surface area contributed by atoms with Crippen LogP contribution in [-0.2, 0) is 0 Å². The minimum atomic E-state index is -0.739. The summed E-state index contributed by atoms with van der Waals surface area (Å²) in [6, 6.07) is 0. The molecule has 0 aromatic carbocycles. The molecular weight excluding hydrogens is 408 g/mol. The Balaban J connectivity index is 1.66. The third-order valence-electron chi connectivity index (χ3n) is 12.4. The number of aliphatic hydroxyl groups excluding tert-OH is 2. The van der Waals surface area contributed by atoms with Crippen molar-refractivity contribution < 1.29 is 15.3 Å². The number of allylic oxidation sites excluding steroid dienone is 2. The molecule has 0 aromatic rings. The van der Waals surface area contributed by atoms with Gasteiger partial charge in [0, 0.05) is 0 Å². The standard InChI is InChI=1S/C30H52O3/c1-19(2)10-9-14-30(8,33)20-11-16-29(7)25(20)21(31)18-23-27(5)15-13-24(32)26(3,4)22(27)12-17-28(23,29)6/h10,20-25,31-33H,9,11-18H2,1-8H3/t20?,21-,22+,23-,24+,25+,27+,28-,29+,30-/m1/s1. The van der Waals surface area contributed by atoms with Crippen molar-refractivity contribution in [1.29, 1.82) is 0 Å². The zero-order valence-corrected chi connectivity index (χ0v) is 22.7. The second kappa shape index (κ2) is 8.07. The fourth-order valence-corrected chi connectivity index (χ4v) is 10.3. The number of hydrogen-bond donors (Lipinski definition) is 3. The summed E-state index contributed by atoms with van der Waals surface area (Å²) in [5, 5.41) is 34.3. The topological polar surface area (TPSA) is 60.7 Å². The predicted octanol–water partition coefficient (Wildman–Crippen LogP) is 6.50. The molecule has 0 aliphatic heterocycles. The van der Waals surface area contributed by atoms with E-state index in [-0.39, 0.29) is 45.7 Å². The normalized spacial score (nSPS) is 50.5. The Hall–Kier alpha value is -0.380. The third-order valence-corrected chi connectivity index (χ3v) is 12.4. The molecule has 0 aromatic heterocycles. The molecule has 0 bridgehead atoms. The molecule has 3 nitrogen and oxygen atoms in total. The van der Waals surface area contributed by atoms with E-state index < -0.39 is 5.60 Å². The Bertz CT molecular complexity index is 779. The predicted molar refractivity (Wildman–Crippen MR) is 136 cm³/mol. The molecule has 4 fully saturated rings. The average Bonchev–Trinajstić information content (AvgIpc) is 3.08. The molecule has 0 heterocycles. The lowest BCUT2D eigenvalue weighted by atomic mass is 9.35. The van der Waals surface area contributed by atoms with E-state index in [2.05, 4.69) is 54.5 Å². The van der Waals surface area contributed by atoms with E-state index >= 15 is 0 Å². The fraction of sp³-hybridized carbons (Fsp3) is 0.933. The van der Waals surface area contributed by atoms with Crippen LogP contribution in [0.2, 0.25) is 0 Å². The van der Waals surface area contributed by atoms with Gasteiger partial charge in [0.2, 0.25) is 0 Å². The second-order valence-corrected chi connectivity index (χ2v) is 14.5. The van der Waals surface area contributed by atoms with Crippen LogP contribution in [0.1, 0.15) is 113 Å². The molecule has 3 N–H and O–H groups in total. The van der Waals surface area contributed by atoms with Gasteiger partial charge in [0.1, 0.15) is 0 Å². The summed E-state index contributed by atoms with van der Waals surface area (Å²) < 4.78 is 0.